The van der Waals surface area contributed by atoms with E-state index in [2.05, 4.69) is 15.0 Å². The fraction of sp³-hybridized carbons (Fsp3) is 0.688. The normalized spacial score (nSPS) is 26.9. The molecule has 0 fully saturated rings. The fourth-order valence-corrected chi connectivity index (χ4v) is 8.76. The maximum absolute atomic E-state index is 14.0. The summed E-state index contributed by atoms with van der Waals surface area (Å²) in [6, 6.07) is 0. The number of nitrogens with zero attached hydrogens (tertiary/aromatic N) is 4. The first-order valence-corrected chi connectivity index (χ1v) is 23.1. The molecule has 4 heterocycles. The molecule has 19 heteroatoms. The topological polar surface area (TPSA) is 258 Å². The Bertz CT molecular complexity index is 1980. The van der Waals surface area contributed by atoms with Gasteiger partial charge in [-0.2, -0.15) is 0 Å². The Morgan fingerprint density at radius 2 is 1.64 bits per heavy atom. The molecule has 0 aliphatic carbocycles. The van der Waals surface area contributed by atoms with Gasteiger partial charge in [-0.1, -0.05) is 53.7 Å². The third kappa shape index (κ3) is 16.1. The first-order chi connectivity index (χ1) is 31.9. The predicted molar refractivity (Wildman–Crippen MR) is 246 cm³/mol. The number of ketones is 1. The summed E-state index contributed by atoms with van der Waals surface area (Å²) in [5.41, 5.74) is 6.81. The zero-order valence-corrected chi connectivity index (χ0v) is 41.0. The van der Waals surface area contributed by atoms with Crippen molar-refractivity contribution in [3.05, 3.63) is 48.7 Å². The number of hydrogen-bond acceptors (Lipinski definition) is 19. The summed E-state index contributed by atoms with van der Waals surface area (Å²) in [5, 5.41) is 31.0. The van der Waals surface area contributed by atoms with Gasteiger partial charge in [0.05, 0.1) is 36.9 Å². The summed E-state index contributed by atoms with van der Waals surface area (Å²) in [7, 11) is 8.04. The van der Waals surface area contributed by atoms with Crippen molar-refractivity contribution in [3.63, 3.8) is 0 Å². The van der Waals surface area contributed by atoms with Gasteiger partial charge in [0.25, 0.3) is 0 Å². The summed E-state index contributed by atoms with van der Waals surface area (Å²) in [5.74, 6) is -1.54. The van der Waals surface area contributed by atoms with E-state index in [9.17, 15) is 24.9 Å². The molecule has 0 radical (unpaired) electrons. The Hall–Kier alpha value is -4.31. The molecule has 0 saturated heterocycles. The maximum Gasteiger partial charge on any atom is 0.308 e. The van der Waals surface area contributed by atoms with Crippen LogP contribution in [0.5, 0.6) is 0 Å². The van der Waals surface area contributed by atoms with Crippen molar-refractivity contribution in [2.24, 2.45) is 41.2 Å². The molecule has 4 rings (SSSR count). The van der Waals surface area contributed by atoms with E-state index in [1.54, 1.807) is 45.6 Å². The number of aliphatic hydroxyl groups excluding tert-OH is 3. The van der Waals surface area contributed by atoms with Crippen molar-refractivity contribution in [3.8, 4) is 23.2 Å². The van der Waals surface area contributed by atoms with Gasteiger partial charge in [0.1, 0.15) is 49.2 Å². The van der Waals surface area contributed by atoms with E-state index in [1.807, 2.05) is 53.7 Å². The standard InChI is InChI=1S/C48H75N5O14/c1-27-19-33(66-48(49)58)21-43(57)67-41(22-40(60-9)28(2)15-16-37(55)30(4)44(61-10)29(3)17-18-53(7)26-54)32(6)39(59-8)13-12-14-42-50-35(24-63-42)46-52-36(25-65-46)47-51-34(23-64-47)45(62-11)31(5)38(56)20-27/h12,14,17-18,23-25,27-33,38-41,44-45,48,54,56,58H,13,15-16,19-22,26,49H2,1-11H3/b14-12+,18-17+/t27-,28-,29+,30-,31-,32+,33-,38-,39-,40-,41-,44+,45+,48+/m0/s1. The quantitative estimate of drug-likeness (QED) is 0.0824. The predicted octanol–water partition coefficient (Wildman–Crippen LogP) is 6.15. The van der Waals surface area contributed by atoms with E-state index in [-0.39, 0.29) is 92.1 Å². The zero-order valence-electron chi connectivity index (χ0n) is 41.0. The van der Waals surface area contributed by atoms with Crippen LogP contribution in [0, 0.1) is 35.5 Å². The number of carbonyl (C=O) groups is 2. The van der Waals surface area contributed by atoms with Gasteiger partial charge in [0, 0.05) is 72.0 Å². The number of rotatable bonds is 18. The highest BCUT2D eigenvalue weighted by Gasteiger charge is 2.36. The van der Waals surface area contributed by atoms with Gasteiger partial charge in [-0.25, -0.2) is 15.0 Å². The van der Waals surface area contributed by atoms with E-state index in [1.165, 1.54) is 25.9 Å². The van der Waals surface area contributed by atoms with E-state index in [0.717, 1.165) is 0 Å². The lowest BCUT2D eigenvalue weighted by Gasteiger charge is -2.34. The van der Waals surface area contributed by atoms with Crippen LogP contribution >= 0.6 is 0 Å². The second-order valence-corrected chi connectivity index (χ2v) is 18.1. The minimum absolute atomic E-state index is 0.0466. The van der Waals surface area contributed by atoms with Crippen LogP contribution in [-0.4, -0.2) is 132 Å². The SMILES string of the molecule is CO[C@H]([C@H](C)/C=C/N(C)CO)[C@@H](C)C(=O)CC[C@H](C)[C@H](C[C@@H]1OC(=O)C[C@@H](O[C@H](N)O)C[C@H](C)C[C@H](O)[C@H](C)[C@@H](OC)c2coc(n2)-c2coc(n2)-c2coc(n2)/C=C/C[C@H](OC)[C@H]1C)OC. The van der Waals surface area contributed by atoms with Crippen LogP contribution in [-0.2, 0) is 38.0 Å². The number of aliphatic hydroxyl groups is 3. The molecule has 0 unspecified atom stereocenters. The van der Waals surface area contributed by atoms with Gasteiger partial charge in [0.15, 0.2) is 11.4 Å². The van der Waals surface area contributed by atoms with Crippen molar-refractivity contribution < 1.29 is 66.6 Å². The van der Waals surface area contributed by atoms with Crippen LogP contribution in [0.4, 0.5) is 0 Å². The number of cyclic esters (lactones) is 1. The summed E-state index contributed by atoms with van der Waals surface area (Å²) < 4.78 is 52.8. The molecule has 5 N–H and O–H groups in total. The van der Waals surface area contributed by atoms with E-state index < -0.39 is 60.8 Å². The fourth-order valence-electron chi connectivity index (χ4n) is 8.76. The Balaban J connectivity index is 1.60. The van der Waals surface area contributed by atoms with Crippen molar-refractivity contribution in [1.29, 1.82) is 0 Å². The van der Waals surface area contributed by atoms with Crippen LogP contribution in [0.25, 0.3) is 29.2 Å². The molecule has 3 aromatic rings. The van der Waals surface area contributed by atoms with Gasteiger partial charge in [-0.3, -0.25) is 15.3 Å². The molecule has 3 aromatic heterocycles. The molecule has 1 aliphatic rings. The Kier molecular flexibility index (Phi) is 22.3. The third-order valence-corrected chi connectivity index (χ3v) is 12.9. The summed E-state index contributed by atoms with van der Waals surface area (Å²) in [6.45, 7) is 11.4. The highest BCUT2D eigenvalue weighted by Crippen LogP contribution is 2.34. The molecule has 376 valence electrons. The third-order valence-electron chi connectivity index (χ3n) is 12.9. The molecule has 67 heavy (non-hydrogen) atoms. The zero-order chi connectivity index (χ0) is 49.4. The number of oxazole rings is 3. The smallest absolute Gasteiger partial charge is 0.308 e. The number of aromatic nitrogens is 3. The highest BCUT2D eigenvalue weighted by molar-refractivity contribution is 5.81. The lowest BCUT2D eigenvalue weighted by Crippen LogP contribution is -2.40. The van der Waals surface area contributed by atoms with Crippen LogP contribution in [0.1, 0.15) is 104 Å². The number of ether oxygens (including phenoxy) is 6. The number of Topliss-reactive ketones (excluding diaryl/α,β-unsaturated/α-hetero) is 1. The lowest BCUT2D eigenvalue weighted by atomic mass is 9.84. The molecule has 1 aliphatic heterocycles. The molecule has 0 saturated carbocycles. The van der Waals surface area contributed by atoms with Gasteiger partial charge >= 0.3 is 5.97 Å². The number of fused-ring (bicyclic) bond motifs is 8. The molecular weight excluding hydrogens is 871 g/mol. The summed E-state index contributed by atoms with van der Waals surface area (Å²) >= 11 is 0. The number of carbonyl (C=O) groups excluding carboxylic acids is 2. The molecule has 0 spiro atoms. The molecule has 14 atom stereocenters. The second kappa shape index (κ2) is 27.0. The number of esters is 1. The van der Waals surface area contributed by atoms with Crippen molar-refractivity contribution in [1.82, 2.24) is 19.9 Å². The average molecular weight is 946 g/mol. The van der Waals surface area contributed by atoms with Crippen molar-refractivity contribution in [2.45, 2.75) is 136 Å². The van der Waals surface area contributed by atoms with Crippen LogP contribution in [0.2, 0.25) is 0 Å². The van der Waals surface area contributed by atoms with E-state index in [0.29, 0.717) is 29.9 Å². The maximum atomic E-state index is 14.0. The first-order valence-electron chi connectivity index (χ1n) is 23.1. The Morgan fingerprint density at radius 3 is 2.30 bits per heavy atom. The molecule has 6 bridgehead atoms. The van der Waals surface area contributed by atoms with Crippen molar-refractivity contribution in [2.75, 3.05) is 42.2 Å². The van der Waals surface area contributed by atoms with Gasteiger partial charge in [-0.05, 0) is 49.8 Å². The van der Waals surface area contributed by atoms with Crippen LogP contribution in [0.3, 0.4) is 0 Å². The van der Waals surface area contributed by atoms with Gasteiger partial charge < -0.3 is 61.9 Å². The van der Waals surface area contributed by atoms with Gasteiger partial charge in [-0.15, -0.1) is 0 Å². The molecule has 19 nitrogen and oxygen atoms in total. The minimum Gasteiger partial charge on any atom is -0.462 e. The van der Waals surface area contributed by atoms with Gasteiger partial charge in [0.2, 0.25) is 24.1 Å². The lowest BCUT2D eigenvalue weighted by molar-refractivity contribution is -0.170. The number of nitrogens with two attached hydrogens (primary N) is 1. The number of hydrogen-bond donors (Lipinski definition) is 4. The monoisotopic (exact) mass is 946 g/mol. The summed E-state index contributed by atoms with van der Waals surface area (Å²) in [4.78, 5) is 42.9. The Labute approximate surface area is 394 Å². The summed E-state index contributed by atoms with van der Waals surface area (Å²) in [6.07, 6.45) is 7.21. The van der Waals surface area contributed by atoms with E-state index in [4.69, 9.17) is 47.4 Å². The first kappa shape index (κ1) is 55.3. The van der Waals surface area contributed by atoms with Crippen LogP contribution < -0.4 is 5.73 Å². The number of methoxy groups -OCH3 is 4. The largest absolute Gasteiger partial charge is 0.462 e. The van der Waals surface area contributed by atoms with E-state index >= 15 is 0 Å². The average Bonchev–Trinajstić information content (AvgIpc) is 4.09. The molecule has 0 aromatic carbocycles. The molecule has 0 amide bonds. The van der Waals surface area contributed by atoms with Crippen molar-refractivity contribution >= 4 is 17.8 Å². The van der Waals surface area contributed by atoms with Crippen LogP contribution in [0.15, 0.2) is 50.4 Å². The molecular formula is C48H75N5O14. The second-order valence-electron chi connectivity index (χ2n) is 18.1. The minimum atomic E-state index is -1.67. The Morgan fingerprint density at radius 1 is 0.955 bits per heavy atom. The highest BCUT2D eigenvalue weighted by atomic mass is 16.6.